The predicted molar refractivity (Wildman–Crippen MR) is 41.9 cm³/mol. The van der Waals surface area contributed by atoms with E-state index in [0.29, 0.717) is 5.56 Å². The summed E-state index contributed by atoms with van der Waals surface area (Å²) in [7, 11) is 0. The Hall–Kier alpha value is -1.71. The standard InChI is InChI=1S/C9H5F2NO/c10-8-3-1-2-7(9(8)11)6-4-12-13-5-6/h1-5H. The first kappa shape index (κ1) is 7.91. The van der Waals surface area contributed by atoms with Crippen molar-refractivity contribution in [2.45, 2.75) is 0 Å². The summed E-state index contributed by atoms with van der Waals surface area (Å²) in [5.41, 5.74) is 0.582. The molecular weight excluding hydrogens is 176 g/mol. The lowest BCUT2D eigenvalue weighted by molar-refractivity contribution is 0.420. The third-order valence-electron chi connectivity index (χ3n) is 1.69. The first-order valence-corrected chi connectivity index (χ1v) is 3.63. The largest absolute Gasteiger partial charge is 0.364 e. The Kier molecular flexibility index (Phi) is 1.81. The maximum atomic E-state index is 13.1. The summed E-state index contributed by atoms with van der Waals surface area (Å²) in [6.45, 7) is 0. The Morgan fingerprint density at radius 1 is 1.23 bits per heavy atom. The van der Waals surface area contributed by atoms with Gasteiger partial charge in [0.1, 0.15) is 6.26 Å². The fourth-order valence-electron chi connectivity index (χ4n) is 1.06. The number of hydrogen-bond acceptors (Lipinski definition) is 2. The molecule has 0 saturated carbocycles. The maximum Gasteiger partial charge on any atom is 0.166 e. The first-order chi connectivity index (χ1) is 6.29. The lowest BCUT2D eigenvalue weighted by Gasteiger charge is -1.98. The molecular formula is C9H5F2NO. The summed E-state index contributed by atoms with van der Waals surface area (Å²) >= 11 is 0. The van der Waals surface area contributed by atoms with Crippen molar-refractivity contribution in [2.24, 2.45) is 0 Å². The van der Waals surface area contributed by atoms with Crippen molar-refractivity contribution < 1.29 is 13.3 Å². The van der Waals surface area contributed by atoms with E-state index in [2.05, 4.69) is 9.68 Å². The van der Waals surface area contributed by atoms with Crippen LogP contribution in [0.2, 0.25) is 0 Å². The highest BCUT2D eigenvalue weighted by Gasteiger charge is 2.10. The molecule has 0 aliphatic carbocycles. The zero-order valence-corrected chi connectivity index (χ0v) is 6.50. The normalized spacial score (nSPS) is 10.3. The van der Waals surface area contributed by atoms with Crippen molar-refractivity contribution in [3.8, 4) is 11.1 Å². The van der Waals surface area contributed by atoms with Crippen LogP contribution in [-0.4, -0.2) is 5.16 Å². The molecule has 2 rings (SSSR count). The average molecular weight is 181 g/mol. The molecule has 1 aromatic carbocycles. The topological polar surface area (TPSA) is 26.0 Å². The lowest BCUT2D eigenvalue weighted by atomic mass is 10.1. The molecule has 1 heterocycles. The van der Waals surface area contributed by atoms with E-state index >= 15 is 0 Å². The molecule has 2 aromatic rings. The molecule has 0 unspecified atom stereocenters. The van der Waals surface area contributed by atoms with Crippen LogP contribution in [0.4, 0.5) is 8.78 Å². The van der Waals surface area contributed by atoms with Crippen molar-refractivity contribution in [2.75, 3.05) is 0 Å². The van der Waals surface area contributed by atoms with E-state index in [9.17, 15) is 8.78 Å². The SMILES string of the molecule is Fc1cccc(-c2cnoc2)c1F. The van der Waals surface area contributed by atoms with Gasteiger partial charge in [-0.05, 0) is 6.07 Å². The number of nitrogens with zero attached hydrogens (tertiary/aromatic N) is 1. The van der Waals surface area contributed by atoms with Gasteiger partial charge in [0.25, 0.3) is 0 Å². The summed E-state index contributed by atoms with van der Waals surface area (Å²) in [5, 5.41) is 3.41. The van der Waals surface area contributed by atoms with Crippen molar-refractivity contribution in [1.82, 2.24) is 5.16 Å². The summed E-state index contributed by atoms with van der Waals surface area (Å²) in [4.78, 5) is 0. The average Bonchev–Trinajstić information content (AvgIpc) is 2.62. The Bertz CT molecular complexity index is 412. The third-order valence-corrected chi connectivity index (χ3v) is 1.69. The summed E-state index contributed by atoms with van der Waals surface area (Å²) in [5.74, 6) is -1.76. The van der Waals surface area contributed by atoms with Gasteiger partial charge in [0.15, 0.2) is 11.6 Å². The van der Waals surface area contributed by atoms with Crippen molar-refractivity contribution in [3.05, 3.63) is 42.3 Å². The van der Waals surface area contributed by atoms with E-state index < -0.39 is 11.6 Å². The number of rotatable bonds is 1. The Morgan fingerprint density at radius 3 is 2.77 bits per heavy atom. The van der Waals surface area contributed by atoms with E-state index in [1.807, 2.05) is 0 Å². The zero-order valence-electron chi connectivity index (χ0n) is 6.50. The molecule has 1 aromatic heterocycles. The van der Waals surface area contributed by atoms with Gasteiger partial charge in [-0.15, -0.1) is 0 Å². The first-order valence-electron chi connectivity index (χ1n) is 3.63. The lowest BCUT2D eigenvalue weighted by Crippen LogP contribution is -1.87. The van der Waals surface area contributed by atoms with Crippen LogP contribution in [0, 0.1) is 11.6 Å². The van der Waals surface area contributed by atoms with Crippen LogP contribution >= 0.6 is 0 Å². The molecule has 0 aliphatic heterocycles. The van der Waals surface area contributed by atoms with Gasteiger partial charge < -0.3 is 4.52 Å². The van der Waals surface area contributed by atoms with Gasteiger partial charge in [-0.1, -0.05) is 17.3 Å². The molecule has 0 aliphatic rings. The minimum Gasteiger partial charge on any atom is -0.364 e. The van der Waals surface area contributed by atoms with E-state index in [-0.39, 0.29) is 5.56 Å². The molecule has 4 heteroatoms. The Balaban J connectivity index is 2.59. The van der Waals surface area contributed by atoms with E-state index in [1.54, 1.807) is 0 Å². The van der Waals surface area contributed by atoms with Crippen LogP contribution in [0.15, 0.2) is 35.2 Å². The van der Waals surface area contributed by atoms with E-state index in [0.717, 1.165) is 6.07 Å². The molecule has 2 nitrogen and oxygen atoms in total. The minimum atomic E-state index is -0.884. The fraction of sp³-hybridized carbons (Fsp3) is 0. The molecule has 0 radical (unpaired) electrons. The molecule has 0 amide bonds. The van der Waals surface area contributed by atoms with Gasteiger partial charge in [0, 0.05) is 11.1 Å². The minimum absolute atomic E-state index is 0.154. The fourth-order valence-corrected chi connectivity index (χ4v) is 1.06. The Morgan fingerprint density at radius 2 is 2.08 bits per heavy atom. The van der Waals surface area contributed by atoms with Crippen LogP contribution < -0.4 is 0 Å². The molecule has 66 valence electrons. The van der Waals surface area contributed by atoms with Crippen molar-refractivity contribution in [3.63, 3.8) is 0 Å². The second-order valence-electron chi connectivity index (χ2n) is 2.51. The van der Waals surface area contributed by atoms with Crippen LogP contribution in [-0.2, 0) is 0 Å². The van der Waals surface area contributed by atoms with Crippen molar-refractivity contribution in [1.29, 1.82) is 0 Å². The molecule has 13 heavy (non-hydrogen) atoms. The predicted octanol–water partition coefficient (Wildman–Crippen LogP) is 2.62. The summed E-state index contributed by atoms with van der Waals surface area (Å²) in [6, 6.07) is 3.96. The molecule has 0 spiro atoms. The van der Waals surface area contributed by atoms with Crippen LogP contribution in [0.3, 0.4) is 0 Å². The highest BCUT2D eigenvalue weighted by molar-refractivity contribution is 5.61. The summed E-state index contributed by atoms with van der Waals surface area (Å²) < 4.78 is 30.4. The quantitative estimate of drug-likeness (QED) is 0.675. The second kappa shape index (κ2) is 2.97. The number of aromatic nitrogens is 1. The Labute approximate surface area is 72.8 Å². The van der Waals surface area contributed by atoms with Crippen LogP contribution in [0.5, 0.6) is 0 Å². The van der Waals surface area contributed by atoms with Crippen LogP contribution in [0.1, 0.15) is 0 Å². The van der Waals surface area contributed by atoms with Crippen LogP contribution in [0.25, 0.3) is 11.1 Å². The monoisotopic (exact) mass is 181 g/mol. The summed E-state index contributed by atoms with van der Waals surface area (Å²) in [6.07, 6.45) is 2.59. The smallest absolute Gasteiger partial charge is 0.166 e. The zero-order chi connectivity index (χ0) is 9.26. The van der Waals surface area contributed by atoms with Gasteiger partial charge in [0.2, 0.25) is 0 Å². The molecule has 0 N–H and O–H groups in total. The van der Waals surface area contributed by atoms with Gasteiger partial charge in [-0.2, -0.15) is 0 Å². The highest BCUT2D eigenvalue weighted by atomic mass is 19.2. The highest BCUT2D eigenvalue weighted by Crippen LogP contribution is 2.23. The van der Waals surface area contributed by atoms with Gasteiger partial charge >= 0.3 is 0 Å². The molecule has 0 fully saturated rings. The number of hydrogen-bond donors (Lipinski definition) is 0. The number of benzene rings is 1. The number of halogens is 2. The maximum absolute atomic E-state index is 13.1. The third kappa shape index (κ3) is 1.30. The van der Waals surface area contributed by atoms with E-state index in [4.69, 9.17) is 0 Å². The molecule has 0 bridgehead atoms. The van der Waals surface area contributed by atoms with E-state index in [1.165, 1.54) is 24.6 Å². The van der Waals surface area contributed by atoms with Crippen molar-refractivity contribution >= 4 is 0 Å². The van der Waals surface area contributed by atoms with Gasteiger partial charge in [0.05, 0.1) is 6.20 Å². The van der Waals surface area contributed by atoms with Gasteiger partial charge in [-0.3, -0.25) is 0 Å². The molecule has 0 saturated heterocycles. The second-order valence-corrected chi connectivity index (χ2v) is 2.51. The molecule has 0 atom stereocenters. The van der Waals surface area contributed by atoms with Gasteiger partial charge in [-0.25, -0.2) is 8.78 Å².